The quantitative estimate of drug-likeness (QED) is 0.602. The van der Waals surface area contributed by atoms with Gasteiger partial charge in [0.2, 0.25) is 11.8 Å². The van der Waals surface area contributed by atoms with E-state index in [1.54, 1.807) is 13.0 Å². The van der Waals surface area contributed by atoms with Gasteiger partial charge in [-0.15, -0.1) is 0 Å². The molecule has 156 valence electrons. The molecule has 0 aromatic heterocycles. The first-order valence-corrected chi connectivity index (χ1v) is 10.3. The molecule has 2 amide bonds. The van der Waals surface area contributed by atoms with Crippen LogP contribution in [0.15, 0.2) is 42.5 Å². The summed E-state index contributed by atoms with van der Waals surface area (Å²) in [6, 6.07) is 11.4. The van der Waals surface area contributed by atoms with Gasteiger partial charge < -0.3 is 10.2 Å². The van der Waals surface area contributed by atoms with Crippen LogP contribution < -0.4 is 5.32 Å². The largest absolute Gasteiger partial charge is 0.354 e. The molecule has 2 aromatic rings. The van der Waals surface area contributed by atoms with Gasteiger partial charge in [0.1, 0.15) is 11.9 Å². The molecule has 0 fully saturated rings. The van der Waals surface area contributed by atoms with Crippen LogP contribution in [0.25, 0.3) is 0 Å². The Hall–Kier alpha value is -2.40. The Labute approximate surface area is 177 Å². The average Bonchev–Trinajstić information content (AvgIpc) is 2.70. The van der Waals surface area contributed by atoms with Crippen LogP contribution in [0.2, 0.25) is 5.02 Å². The SMILES string of the molecule is CCCCNC(=O)[C@@H](C)N(Cc1ccc(C)cc1)C(=O)Cc1c(F)cccc1Cl. The number of benzene rings is 2. The molecule has 0 saturated heterocycles. The highest BCUT2D eigenvalue weighted by Gasteiger charge is 2.27. The molecule has 0 aliphatic carbocycles. The molecule has 1 atom stereocenters. The molecular formula is C23H28ClFN2O2. The summed E-state index contributed by atoms with van der Waals surface area (Å²) >= 11 is 6.09. The molecule has 0 spiro atoms. The number of aryl methyl sites for hydroxylation is 1. The zero-order valence-corrected chi connectivity index (χ0v) is 17.9. The van der Waals surface area contributed by atoms with Crippen LogP contribution in [-0.4, -0.2) is 29.3 Å². The van der Waals surface area contributed by atoms with E-state index >= 15 is 0 Å². The molecule has 1 N–H and O–H groups in total. The molecule has 0 unspecified atom stereocenters. The van der Waals surface area contributed by atoms with Crippen LogP contribution in [0, 0.1) is 12.7 Å². The second-order valence-corrected chi connectivity index (χ2v) is 7.61. The maximum atomic E-state index is 14.2. The summed E-state index contributed by atoms with van der Waals surface area (Å²) in [6.45, 7) is 6.53. The van der Waals surface area contributed by atoms with Gasteiger partial charge in [-0.05, 0) is 38.0 Å². The van der Waals surface area contributed by atoms with E-state index < -0.39 is 11.9 Å². The average molecular weight is 419 g/mol. The van der Waals surface area contributed by atoms with Crippen molar-refractivity contribution in [3.8, 4) is 0 Å². The second-order valence-electron chi connectivity index (χ2n) is 7.20. The van der Waals surface area contributed by atoms with Crippen molar-refractivity contribution in [3.63, 3.8) is 0 Å². The highest BCUT2D eigenvalue weighted by molar-refractivity contribution is 6.31. The van der Waals surface area contributed by atoms with Crippen molar-refractivity contribution >= 4 is 23.4 Å². The van der Waals surface area contributed by atoms with Crippen molar-refractivity contribution in [2.24, 2.45) is 0 Å². The molecule has 29 heavy (non-hydrogen) atoms. The Morgan fingerprint density at radius 3 is 2.48 bits per heavy atom. The summed E-state index contributed by atoms with van der Waals surface area (Å²) < 4.78 is 14.2. The van der Waals surface area contributed by atoms with Crippen molar-refractivity contribution in [3.05, 3.63) is 70.0 Å². The lowest BCUT2D eigenvalue weighted by Crippen LogP contribution is -2.48. The third-order valence-corrected chi connectivity index (χ3v) is 5.21. The number of rotatable bonds is 9. The van der Waals surface area contributed by atoms with Crippen LogP contribution in [-0.2, 0) is 22.6 Å². The van der Waals surface area contributed by atoms with E-state index in [1.165, 1.54) is 17.0 Å². The van der Waals surface area contributed by atoms with Gasteiger partial charge in [-0.3, -0.25) is 9.59 Å². The Morgan fingerprint density at radius 1 is 1.17 bits per heavy atom. The molecule has 0 radical (unpaired) electrons. The molecule has 0 aliphatic heterocycles. The number of carbonyl (C=O) groups is 2. The normalized spacial score (nSPS) is 11.8. The van der Waals surface area contributed by atoms with Gasteiger partial charge in [0.15, 0.2) is 0 Å². The van der Waals surface area contributed by atoms with E-state index in [0.29, 0.717) is 6.54 Å². The number of hydrogen-bond acceptors (Lipinski definition) is 2. The number of carbonyl (C=O) groups excluding carboxylic acids is 2. The van der Waals surface area contributed by atoms with Gasteiger partial charge >= 0.3 is 0 Å². The van der Waals surface area contributed by atoms with Crippen molar-refractivity contribution in [1.29, 1.82) is 0 Å². The number of halogens is 2. The van der Waals surface area contributed by atoms with Gasteiger partial charge in [-0.2, -0.15) is 0 Å². The maximum absolute atomic E-state index is 14.2. The van der Waals surface area contributed by atoms with Crippen LogP contribution >= 0.6 is 11.6 Å². The summed E-state index contributed by atoms with van der Waals surface area (Å²) in [5.74, 6) is -1.10. The molecule has 6 heteroatoms. The highest BCUT2D eigenvalue weighted by Crippen LogP contribution is 2.21. The van der Waals surface area contributed by atoms with Gasteiger partial charge in [-0.25, -0.2) is 4.39 Å². The lowest BCUT2D eigenvalue weighted by atomic mass is 10.1. The molecule has 0 saturated carbocycles. The van der Waals surface area contributed by atoms with E-state index in [-0.39, 0.29) is 35.4 Å². The molecule has 0 aliphatic rings. The second kappa shape index (κ2) is 11.0. The number of unbranched alkanes of at least 4 members (excludes halogenated alkanes) is 1. The first-order valence-electron chi connectivity index (χ1n) is 9.89. The first kappa shape index (κ1) is 22.9. The lowest BCUT2D eigenvalue weighted by Gasteiger charge is -2.29. The zero-order chi connectivity index (χ0) is 21.4. The minimum atomic E-state index is -0.689. The predicted molar refractivity (Wildman–Crippen MR) is 114 cm³/mol. The van der Waals surface area contributed by atoms with E-state index in [4.69, 9.17) is 11.6 Å². The number of nitrogens with one attached hydrogen (secondary N) is 1. The fraction of sp³-hybridized carbons (Fsp3) is 0.391. The topological polar surface area (TPSA) is 49.4 Å². The van der Waals surface area contributed by atoms with Crippen LogP contribution in [0.1, 0.15) is 43.4 Å². The van der Waals surface area contributed by atoms with E-state index in [1.807, 2.05) is 38.1 Å². The lowest BCUT2D eigenvalue weighted by molar-refractivity contribution is -0.140. The fourth-order valence-corrected chi connectivity index (χ4v) is 3.19. The molecule has 0 heterocycles. The molecule has 2 rings (SSSR count). The summed E-state index contributed by atoms with van der Waals surface area (Å²) in [6.07, 6.45) is 1.63. The number of nitrogens with zero attached hydrogens (tertiary/aromatic N) is 1. The summed E-state index contributed by atoms with van der Waals surface area (Å²) in [5, 5.41) is 3.07. The van der Waals surface area contributed by atoms with Crippen LogP contribution in [0.3, 0.4) is 0 Å². The summed E-state index contributed by atoms with van der Waals surface area (Å²) in [4.78, 5) is 27.2. The van der Waals surface area contributed by atoms with Crippen molar-refractivity contribution in [1.82, 2.24) is 10.2 Å². The summed E-state index contributed by atoms with van der Waals surface area (Å²) in [5.41, 5.74) is 2.15. The molecular weight excluding hydrogens is 391 g/mol. The molecule has 2 aromatic carbocycles. The van der Waals surface area contributed by atoms with Gasteiger partial charge in [0.25, 0.3) is 0 Å². The molecule has 0 bridgehead atoms. The van der Waals surface area contributed by atoms with Crippen molar-refractivity contribution in [2.45, 2.75) is 52.6 Å². The van der Waals surface area contributed by atoms with Crippen molar-refractivity contribution < 1.29 is 14.0 Å². The number of amides is 2. The van der Waals surface area contributed by atoms with Crippen LogP contribution in [0.5, 0.6) is 0 Å². The Bertz CT molecular complexity index is 819. The highest BCUT2D eigenvalue weighted by atomic mass is 35.5. The summed E-state index contributed by atoms with van der Waals surface area (Å²) in [7, 11) is 0. The Balaban J connectivity index is 2.23. The predicted octanol–water partition coefficient (Wildman–Crippen LogP) is 4.66. The van der Waals surface area contributed by atoms with E-state index in [2.05, 4.69) is 5.32 Å². The van der Waals surface area contributed by atoms with Gasteiger partial charge in [-0.1, -0.05) is 60.8 Å². The smallest absolute Gasteiger partial charge is 0.242 e. The van der Waals surface area contributed by atoms with E-state index in [0.717, 1.165) is 24.0 Å². The Morgan fingerprint density at radius 2 is 1.86 bits per heavy atom. The van der Waals surface area contributed by atoms with Gasteiger partial charge in [0.05, 0.1) is 6.42 Å². The monoisotopic (exact) mass is 418 g/mol. The third kappa shape index (κ3) is 6.57. The minimum Gasteiger partial charge on any atom is -0.354 e. The van der Waals surface area contributed by atoms with Crippen LogP contribution in [0.4, 0.5) is 4.39 Å². The van der Waals surface area contributed by atoms with E-state index in [9.17, 15) is 14.0 Å². The first-order chi connectivity index (χ1) is 13.8. The van der Waals surface area contributed by atoms with Crippen molar-refractivity contribution in [2.75, 3.05) is 6.54 Å². The molecule has 4 nitrogen and oxygen atoms in total. The third-order valence-electron chi connectivity index (χ3n) is 4.86. The zero-order valence-electron chi connectivity index (χ0n) is 17.2. The minimum absolute atomic E-state index is 0.145. The van der Waals surface area contributed by atoms with Gasteiger partial charge in [0, 0.05) is 23.7 Å². The Kier molecular flexibility index (Phi) is 8.65. The number of hydrogen-bond donors (Lipinski definition) is 1. The maximum Gasteiger partial charge on any atom is 0.242 e. The standard InChI is InChI=1S/C23H28ClFN2O2/c1-4-5-13-26-23(29)17(3)27(15-18-11-9-16(2)10-12-18)22(28)14-19-20(24)7-6-8-21(19)25/h6-12,17H,4-5,13-15H2,1-3H3,(H,26,29)/t17-/m1/s1. The fourth-order valence-electron chi connectivity index (χ4n) is 2.96.